The summed E-state index contributed by atoms with van der Waals surface area (Å²) in [5.41, 5.74) is 2.29. The Kier molecular flexibility index (Phi) is 7.57. The summed E-state index contributed by atoms with van der Waals surface area (Å²) in [4.78, 5) is 36.0. The lowest BCUT2D eigenvalue weighted by Gasteiger charge is -2.30. The van der Waals surface area contributed by atoms with Crippen molar-refractivity contribution in [2.45, 2.75) is 38.0 Å². The minimum absolute atomic E-state index is 0.0901. The van der Waals surface area contributed by atoms with Crippen molar-refractivity contribution in [3.05, 3.63) is 74.3 Å². The molecule has 3 heterocycles. The van der Waals surface area contributed by atoms with E-state index in [1.165, 1.54) is 16.6 Å². The minimum Gasteiger partial charge on any atom is -0.497 e. The zero-order valence-corrected chi connectivity index (χ0v) is 23.2. The number of carbonyl (C=O) groups is 1. The van der Waals surface area contributed by atoms with Crippen LogP contribution in [0.15, 0.2) is 58.5 Å². The van der Waals surface area contributed by atoms with Gasteiger partial charge in [0, 0.05) is 34.7 Å². The van der Waals surface area contributed by atoms with E-state index in [0.717, 1.165) is 29.9 Å². The van der Waals surface area contributed by atoms with Gasteiger partial charge in [0.1, 0.15) is 10.6 Å². The number of carbonyl (C=O) groups excluding carboxylic acids is 1. The van der Waals surface area contributed by atoms with E-state index in [-0.39, 0.29) is 17.2 Å². The zero-order valence-electron chi connectivity index (χ0n) is 20.8. The number of rotatable bonds is 7. The first kappa shape index (κ1) is 25.8. The number of nitrogens with zero attached hydrogens (tertiary/aromatic N) is 3. The number of halogens is 1. The van der Waals surface area contributed by atoms with Crippen molar-refractivity contribution in [1.82, 2.24) is 14.5 Å². The molecule has 37 heavy (non-hydrogen) atoms. The fourth-order valence-electron chi connectivity index (χ4n) is 4.43. The summed E-state index contributed by atoms with van der Waals surface area (Å²) < 4.78 is 6.91. The number of anilines is 1. The second-order valence-electron chi connectivity index (χ2n) is 9.08. The fourth-order valence-corrected chi connectivity index (χ4v) is 6.72. The van der Waals surface area contributed by atoms with Crippen molar-refractivity contribution in [3.8, 4) is 11.4 Å². The number of thioether (sulfide) groups is 1. The van der Waals surface area contributed by atoms with Crippen LogP contribution >= 0.6 is 34.7 Å². The van der Waals surface area contributed by atoms with Crippen LogP contribution in [0.4, 0.5) is 5.69 Å². The average Bonchev–Trinajstić information content (AvgIpc) is 3.25. The van der Waals surface area contributed by atoms with E-state index in [1.807, 2.05) is 24.3 Å². The van der Waals surface area contributed by atoms with Gasteiger partial charge in [0.2, 0.25) is 5.91 Å². The predicted octanol–water partition coefficient (Wildman–Crippen LogP) is 5.61. The normalized spacial score (nSPS) is 13.6. The molecule has 1 aliphatic heterocycles. The van der Waals surface area contributed by atoms with Crippen LogP contribution in [0.5, 0.6) is 5.75 Å². The number of ether oxygens (including phenoxy) is 1. The highest BCUT2D eigenvalue weighted by atomic mass is 35.5. The van der Waals surface area contributed by atoms with Crippen molar-refractivity contribution in [1.29, 1.82) is 0 Å². The second kappa shape index (κ2) is 10.9. The molecule has 0 unspecified atom stereocenters. The van der Waals surface area contributed by atoms with Crippen LogP contribution < -0.4 is 15.6 Å². The Bertz CT molecular complexity index is 1510. The fraction of sp³-hybridized carbons (Fsp3) is 0.296. The molecule has 0 atom stereocenters. The van der Waals surface area contributed by atoms with Gasteiger partial charge in [0.15, 0.2) is 5.16 Å². The van der Waals surface area contributed by atoms with Gasteiger partial charge in [0.25, 0.3) is 5.56 Å². The summed E-state index contributed by atoms with van der Waals surface area (Å²) in [5.74, 6) is 0.580. The van der Waals surface area contributed by atoms with E-state index in [2.05, 4.69) is 24.1 Å². The van der Waals surface area contributed by atoms with Gasteiger partial charge >= 0.3 is 0 Å². The Morgan fingerprint density at radius 2 is 2.03 bits per heavy atom. The number of benzene rings is 2. The van der Waals surface area contributed by atoms with Crippen molar-refractivity contribution in [2.75, 3.05) is 24.7 Å². The van der Waals surface area contributed by atoms with E-state index in [4.69, 9.17) is 21.3 Å². The molecule has 0 aliphatic carbocycles. The predicted molar refractivity (Wildman–Crippen MR) is 152 cm³/mol. The first-order valence-corrected chi connectivity index (χ1v) is 14.2. The molecule has 0 spiro atoms. The van der Waals surface area contributed by atoms with Gasteiger partial charge in [-0.25, -0.2) is 4.98 Å². The maximum Gasteiger partial charge on any atom is 0.267 e. The molecular formula is C27H27ClN4O3S2. The highest BCUT2D eigenvalue weighted by Crippen LogP contribution is 2.35. The minimum atomic E-state index is -0.207. The summed E-state index contributed by atoms with van der Waals surface area (Å²) in [6, 6.07) is 14.7. The molecule has 10 heteroatoms. The van der Waals surface area contributed by atoms with Crippen molar-refractivity contribution in [3.63, 3.8) is 0 Å². The van der Waals surface area contributed by atoms with E-state index in [1.54, 1.807) is 47.3 Å². The standard InChI is InChI=1S/C27H27ClN4O3S2/c1-16(2)31-12-11-21-22(14-31)37-25-24(21)26(34)32(19-7-9-20(35-3)10-8-19)27(30-25)36-15-23(33)29-18-6-4-5-17(28)13-18/h4-10,13,16H,11-12,14-15H2,1-3H3,(H,29,33). The molecular weight excluding hydrogens is 528 g/mol. The zero-order chi connectivity index (χ0) is 26.1. The molecule has 5 rings (SSSR count). The molecule has 0 fully saturated rings. The molecule has 2 aromatic heterocycles. The highest BCUT2D eigenvalue weighted by molar-refractivity contribution is 7.99. The third kappa shape index (κ3) is 5.40. The van der Waals surface area contributed by atoms with Crippen LogP contribution in [0.3, 0.4) is 0 Å². The number of methoxy groups -OCH3 is 1. The molecule has 0 radical (unpaired) electrons. The van der Waals surface area contributed by atoms with Crippen molar-refractivity contribution in [2.24, 2.45) is 0 Å². The first-order chi connectivity index (χ1) is 17.8. The number of aromatic nitrogens is 2. The molecule has 0 saturated carbocycles. The first-order valence-electron chi connectivity index (χ1n) is 12.0. The van der Waals surface area contributed by atoms with Gasteiger partial charge < -0.3 is 10.1 Å². The number of amides is 1. The van der Waals surface area contributed by atoms with E-state index >= 15 is 0 Å². The topological polar surface area (TPSA) is 76.5 Å². The SMILES string of the molecule is COc1ccc(-n2c(SCC(=O)Nc3cccc(Cl)c3)nc3sc4c(c3c2=O)CCN(C(C)C)C4)cc1. The van der Waals surface area contributed by atoms with Gasteiger partial charge in [0.05, 0.1) is 23.9 Å². The summed E-state index contributed by atoms with van der Waals surface area (Å²) in [6.45, 7) is 6.12. The molecule has 192 valence electrons. The van der Waals surface area contributed by atoms with E-state index < -0.39 is 0 Å². The van der Waals surface area contributed by atoms with Crippen LogP contribution in [0, 0.1) is 0 Å². The lowest BCUT2D eigenvalue weighted by atomic mass is 10.0. The van der Waals surface area contributed by atoms with Gasteiger partial charge in [-0.1, -0.05) is 29.4 Å². The average molecular weight is 555 g/mol. The monoisotopic (exact) mass is 554 g/mol. The van der Waals surface area contributed by atoms with Crippen LogP contribution in [0.2, 0.25) is 5.02 Å². The summed E-state index contributed by atoms with van der Waals surface area (Å²) in [5, 5.41) is 4.56. The highest BCUT2D eigenvalue weighted by Gasteiger charge is 2.26. The van der Waals surface area contributed by atoms with Gasteiger partial charge in [-0.05, 0) is 68.3 Å². The lowest BCUT2D eigenvalue weighted by molar-refractivity contribution is -0.113. The van der Waals surface area contributed by atoms with Crippen LogP contribution in [0.1, 0.15) is 24.3 Å². The molecule has 7 nitrogen and oxygen atoms in total. The maximum absolute atomic E-state index is 14.0. The molecule has 1 N–H and O–H groups in total. The molecule has 4 aromatic rings. The molecule has 0 bridgehead atoms. The third-order valence-corrected chi connectivity index (χ3v) is 8.66. The number of hydrogen-bond acceptors (Lipinski definition) is 7. The molecule has 1 amide bonds. The lowest BCUT2D eigenvalue weighted by Crippen LogP contribution is -2.35. The Hall–Kier alpha value is -2.85. The Balaban J connectivity index is 1.52. The van der Waals surface area contributed by atoms with Gasteiger partial charge in [-0.3, -0.25) is 19.1 Å². The van der Waals surface area contributed by atoms with Gasteiger partial charge in [-0.2, -0.15) is 0 Å². The molecule has 1 aliphatic rings. The van der Waals surface area contributed by atoms with Crippen molar-refractivity contribution >= 4 is 56.5 Å². The smallest absolute Gasteiger partial charge is 0.267 e. The Morgan fingerprint density at radius 1 is 1.24 bits per heavy atom. The van der Waals surface area contributed by atoms with Crippen molar-refractivity contribution < 1.29 is 9.53 Å². The van der Waals surface area contributed by atoms with Crippen LogP contribution in [-0.2, 0) is 17.8 Å². The van der Waals surface area contributed by atoms with E-state index in [0.29, 0.717) is 38.7 Å². The summed E-state index contributed by atoms with van der Waals surface area (Å²) >= 11 is 8.86. The van der Waals surface area contributed by atoms with Crippen LogP contribution in [-0.4, -0.2) is 45.8 Å². The summed E-state index contributed by atoms with van der Waals surface area (Å²) in [7, 11) is 1.60. The summed E-state index contributed by atoms with van der Waals surface area (Å²) in [6.07, 6.45) is 0.821. The quantitative estimate of drug-likeness (QED) is 0.236. The van der Waals surface area contributed by atoms with Crippen LogP contribution in [0.25, 0.3) is 15.9 Å². The number of fused-ring (bicyclic) bond motifs is 3. The number of hydrogen-bond donors (Lipinski definition) is 1. The Labute approximate surface area is 228 Å². The second-order valence-corrected chi connectivity index (χ2v) is 11.5. The van der Waals surface area contributed by atoms with Gasteiger partial charge in [-0.15, -0.1) is 11.3 Å². The largest absolute Gasteiger partial charge is 0.497 e. The number of nitrogens with one attached hydrogen (secondary N) is 1. The Morgan fingerprint density at radius 3 is 2.73 bits per heavy atom. The number of thiophene rings is 1. The third-order valence-electron chi connectivity index (χ3n) is 6.37. The molecule has 0 saturated heterocycles. The maximum atomic E-state index is 14.0. The molecule has 2 aromatic carbocycles. The van der Waals surface area contributed by atoms with E-state index in [9.17, 15) is 9.59 Å².